The lowest BCUT2D eigenvalue weighted by molar-refractivity contribution is 0.100. The van der Waals surface area contributed by atoms with Crippen LogP contribution in [0.4, 0.5) is 11.5 Å². The van der Waals surface area contributed by atoms with Crippen molar-refractivity contribution < 1.29 is 4.79 Å². The summed E-state index contributed by atoms with van der Waals surface area (Å²) in [5.74, 6) is 0.183. The molecule has 0 atom stereocenters. The highest BCUT2D eigenvalue weighted by Gasteiger charge is 2.10. The van der Waals surface area contributed by atoms with Crippen LogP contribution in [-0.2, 0) is 0 Å². The number of aromatic nitrogens is 3. The number of amides is 1. The summed E-state index contributed by atoms with van der Waals surface area (Å²) < 4.78 is 0. The van der Waals surface area contributed by atoms with E-state index in [0.717, 1.165) is 27.8 Å². The zero-order valence-corrected chi connectivity index (χ0v) is 13.8. The van der Waals surface area contributed by atoms with Crippen molar-refractivity contribution >= 4 is 28.3 Å². The fourth-order valence-corrected chi connectivity index (χ4v) is 2.73. The quantitative estimate of drug-likeness (QED) is 0.592. The maximum Gasteiger partial charge on any atom is 0.248 e. The normalized spacial score (nSPS) is 10.6. The SMILES string of the molecule is NC(=O)c1cccc(Nc2nc(-c3ccncc3)cc3ncccc23)c1. The average Bonchev–Trinajstić information content (AvgIpc) is 2.69. The minimum atomic E-state index is -0.473. The molecule has 0 radical (unpaired) electrons. The molecule has 26 heavy (non-hydrogen) atoms. The molecule has 0 fully saturated rings. The molecule has 0 aliphatic heterocycles. The average molecular weight is 341 g/mol. The van der Waals surface area contributed by atoms with Crippen LogP contribution in [-0.4, -0.2) is 20.9 Å². The van der Waals surface area contributed by atoms with Crippen molar-refractivity contribution in [2.45, 2.75) is 0 Å². The van der Waals surface area contributed by atoms with Crippen LogP contribution in [0.25, 0.3) is 22.2 Å². The van der Waals surface area contributed by atoms with E-state index in [0.29, 0.717) is 11.4 Å². The van der Waals surface area contributed by atoms with Crippen LogP contribution in [0, 0.1) is 0 Å². The van der Waals surface area contributed by atoms with E-state index in [1.165, 1.54) is 0 Å². The molecule has 0 unspecified atom stereocenters. The lowest BCUT2D eigenvalue weighted by Gasteiger charge is -2.12. The van der Waals surface area contributed by atoms with E-state index in [-0.39, 0.29) is 0 Å². The van der Waals surface area contributed by atoms with Gasteiger partial charge in [-0.1, -0.05) is 6.07 Å². The van der Waals surface area contributed by atoms with Gasteiger partial charge in [0.2, 0.25) is 5.91 Å². The van der Waals surface area contributed by atoms with Gasteiger partial charge in [0.05, 0.1) is 11.2 Å². The molecule has 0 saturated heterocycles. The van der Waals surface area contributed by atoms with Gasteiger partial charge in [-0.2, -0.15) is 0 Å². The van der Waals surface area contributed by atoms with E-state index in [9.17, 15) is 4.79 Å². The number of nitrogens with zero attached hydrogens (tertiary/aromatic N) is 3. The molecule has 0 bridgehead atoms. The highest BCUT2D eigenvalue weighted by atomic mass is 16.1. The van der Waals surface area contributed by atoms with Gasteiger partial charge in [0.15, 0.2) is 0 Å². The number of hydrogen-bond acceptors (Lipinski definition) is 5. The highest BCUT2D eigenvalue weighted by Crippen LogP contribution is 2.28. The topological polar surface area (TPSA) is 93.8 Å². The number of benzene rings is 1. The van der Waals surface area contributed by atoms with Crippen LogP contribution < -0.4 is 11.1 Å². The molecule has 6 nitrogen and oxygen atoms in total. The molecule has 0 aliphatic rings. The largest absolute Gasteiger partial charge is 0.366 e. The van der Waals surface area contributed by atoms with Gasteiger partial charge < -0.3 is 11.1 Å². The zero-order chi connectivity index (χ0) is 17.9. The number of rotatable bonds is 4. The van der Waals surface area contributed by atoms with Crippen LogP contribution in [0.1, 0.15) is 10.4 Å². The van der Waals surface area contributed by atoms with Gasteiger partial charge in [-0.15, -0.1) is 0 Å². The molecule has 3 N–H and O–H groups in total. The highest BCUT2D eigenvalue weighted by molar-refractivity contribution is 5.96. The Labute approximate surface area is 149 Å². The summed E-state index contributed by atoms with van der Waals surface area (Å²) in [7, 11) is 0. The van der Waals surface area contributed by atoms with Crippen molar-refractivity contribution in [3.8, 4) is 11.3 Å². The Bertz CT molecular complexity index is 1100. The molecular formula is C20H15N5O. The molecule has 1 aromatic carbocycles. The summed E-state index contributed by atoms with van der Waals surface area (Å²) in [4.78, 5) is 24.7. The number of nitrogens with two attached hydrogens (primary N) is 1. The monoisotopic (exact) mass is 341 g/mol. The number of carbonyl (C=O) groups is 1. The molecule has 3 heterocycles. The fraction of sp³-hybridized carbons (Fsp3) is 0. The van der Waals surface area contributed by atoms with Crippen LogP contribution in [0.2, 0.25) is 0 Å². The lowest BCUT2D eigenvalue weighted by atomic mass is 10.1. The van der Waals surface area contributed by atoms with E-state index in [1.54, 1.807) is 36.8 Å². The predicted octanol–water partition coefficient (Wildman–Crippen LogP) is 3.53. The van der Waals surface area contributed by atoms with Crippen molar-refractivity contribution in [2.75, 3.05) is 5.32 Å². The predicted molar refractivity (Wildman–Crippen MR) is 101 cm³/mol. The van der Waals surface area contributed by atoms with Gasteiger partial charge >= 0.3 is 0 Å². The van der Waals surface area contributed by atoms with Crippen molar-refractivity contribution in [1.29, 1.82) is 0 Å². The first kappa shape index (κ1) is 15.7. The Balaban J connectivity index is 1.83. The summed E-state index contributed by atoms with van der Waals surface area (Å²) in [6.07, 6.45) is 5.20. The Kier molecular flexibility index (Phi) is 3.99. The van der Waals surface area contributed by atoms with Crippen LogP contribution in [0.5, 0.6) is 0 Å². The minimum absolute atomic E-state index is 0.433. The van der Waals surface area contributed by atoms with Gasteiger partial charge in [-0.05, 0) is 48.5 Å². The molecule has 126 valence electrons. The molecule has 3 aromatic heterocycles. The molecule has 4 rings (SSSR count). The first-order valence-corrected chi connectivity index (χ1v) is 8.04. The Morgan fingerprint density at radius 1 is 0.962 bits per heavy atom. The van der Waals surface area contributed by atoms with E-state index in [1.807, 2.05) is 36.4 Å². The summed E-state index contributed by atoms with van der Waals surface area (Å²) in [5.41, 5.74) is 9.08. The molecular weight excluding hydrogens is 326 g/mol. The van der Waals surface area contributed by atoms with Crippen LogP contribution >= 0.6 is 0 Å². The van der Waals surface area contributed by atoms with E-state index >= 15 is 0 Å². The number of anilines is 2. The third kappa shape index (κ3) is 3.08. The van der Waals surface area contributed by atoms with Crippen molar-refractivity contribution in [3.05, 3.63) is 78.8 Å². The summed E-state index contributed by atoms with van der Waals surface area (Å²) >= 11 is 0. The molecule has 0 saturated carbocycles. The van der Waals surface area contributed by atoms with Gasteiger partial charge in [0.25, 0.3) is 0 Å². The lowest BCUT2D eigenvalue weighted by Crippen LogP contribution is -2.11. The maximum atomic E-state index is 11.4. The second-order valence-electron chi connectivity index (χ2n) is 5.73. The molecule has 6 heteroatoms. The standard InChI is InChI=1S/C20H15N5O/c21-19(26)14-3-1-4-15(11-14)24-20-16-5-2-8-23-18(16)12-17(25-20)13-6-9-22-10-7-13/h1-12H,(H2,21,26)(H,24,25). The number of nitrogens with one attached hydrogen (secondary N) is 1. The third-order valence-corrected chi connectivity index (χ3v) is 3.99. The van der Waals surface area contributed by atoms with Crippen molar-refractivity contribution in [3.63, 3.8) is 0 Å². The van der Waals surface area contributed by atoms with Gasteiger partial charge in [0.1, 0.15) is 5.82 Å². The Morgan fingerprint density at radius 3 is 2.62 bits per heavy atom. The number of pyridine rings is 3. The molecule has 1 amide bonds. The number of carbonyl (C=O) groups excluding carboxylic acids is 1. The summed E-state index contributed by atoms with van der Waals surface area (Å²) in [5, 5.41) is 4.16. The van der Waals surface area contributed by atoms with Crippen molar-refractivity contribution in [2.24, 2.45) is 5.73 Å². The number of hydrogen-bond donors (Lipinski definition) is 2. The summed E-state index contributed by atoms with van der Waals surface area (Å²) in [6.45, 7) is 0. The van der Waals surface area contributed by atoms with Crippen LogP contribution in [0.15, 0.2) is 73.2 Å². The third-order valence-electron chi connectivity index (χ3n) is 3.99. The van der Waals surface area contributed by atoms with Crippen molar-refractivity contribution in [1.82, 2.24) is 15.0 Å². The number of fused-ring (bicyclic) bond motifs is 1. The Hall–Kier alpha value is -3.80. The second kappa shape index (κ2) is 6.60. The minimum Gasteiger partial charge on any atom is -0.366 e. The van der Waals surface area contributed by atoms with E-state index in [4.69, 9.17) is 10.7 Å². The van der Waals surface area contributed by atoms with Crippen LogP contribution in [0.3, 0.4) is 0 Å². The van der Waals surface area contributed by atoms with E-state index in [2.05, 4.69) is 15.3 Å². The smallest absolute Gasteiger partial charge is 0.248 e. The first-order valence-electron chi connectivity index (χ1n) is 8.04. The van der Waals surface area contributed by atoms with Gasteiger partial charge in [0, 0.05) is 40.8 Å². The first-order chi connectivity index (χ1) is 12.7. The zero-order valence-electron chi connectivity index (χ0n) is 13.8. The number of primary amides is 1. The summed E-state index contributed by atoms with van der Waals surface area (Å²) in [6, 6.07) is 16.6. The molecule has 4 aromatic rings. The Morgan fingerprint density at radius 2 is 1.81 bits per heavy atom. The maximum absolute atomic E-state index is 11.4. The molecule has 0 aliphatic carbocycles. The molecule has 0 spiro atoms. The van der Waals surface area contributed by atoms with E-state index < -0.39 is 5.91 Å². The second-order valence-corrected chi connectivity index (χ2v) is 5.73. The van der Waals surface area contributed by atoms with Gasteiger partial charge in [-0.3, -0.25) is 14.8 Å². The van der Waals surface area contributed by atoms with Gasteiger partial charge in [-0.25, -0.2) is 4.98 Å². The fourth-order valence-electron chi connectivity index (χ4n) is 2.73.